The first-order valence-corrected chi connectivity index (χ1v) is 6.45. The van der Waals surface area contributed by atoms with Crippen LogP contribution < -0.4 is 9.47 Å². The van der Waals surface area contributed by atoms with E-state index >= 15 is 0 Å². The lowest BCUT2D eigenvalue weighted by atomic mass is 10.2. The van der Waals surface area contributed by atoms with Gasteiger partial charge in [-0.15, -0.1) is 20.0 Å². The number of hydrogen-bond acceptors (Lipinski definition) is 5. The molecule has 0 saturated heterocycles. The van der Waals surface area contributed by atoms with E-state index in [0.717, 1.165) is 0 Å². The van der Waals surface area contributed by atoms with E-state index in [1.807, 2.05) is 0 Å². The number of nitrogens with zero attached hydrogens (tertiary/aromatic N) is 5. The van der Waals surface area contributed by atoms with E-state index in [9.17, 15) is 18.4 Å². The monoisotopic (exact) mass is 325 g/mol. The second-order valence-corrected chi connectivity index (χ2v) is 4.78. The van der Waals surface area contributed by atoms with E-state index in [0.29, 0.717) is 20.4 Å². The van der Waals surface area contributed by atoms with Gasteiger partial charge in [0.15, 0.2) is 11.8 Å². The Morgan fingerprint density at radius 1 is 1.17 bits per heavy atom. The number of rotatable bonds is 2. The summed E-state index contributed by atoms with van der Waals surface area (Å²) in [6.07, 6.45) is -3.51. The number of halogens is 3. The predicted molar refractivity (Wildman–Crippen MR) is 70.7 cm³/mol. The van der Waals surface area contributed by atoms with Crippen molar-refractivity contribution in [1.82, 2.24) is 19.8 Å². The molecule has 0 aliphatic carbocycles. The van der Waals surface area contributed by atoms with E-state index in [4.69, 9.17) is 4.74 Å². The van der Waals surface area contributed by atoms with Crippen molar-refractivity contribution < 1.29 is 22.6 Å². The fraction of sp³-hybridized carbons (Fsp3) is 0.231. The van der Waals surface area contributed by atoms with Crippen LogP contribution in [-0.2, 0) is 6.18 Å². The zero-order valence-electron chi connectivity index (χ0n) is 12.0. The minimum atomic E-state index is -4.71. The van der Waals surface area contributed by atoms with Crippen molar-refractivity contribution in [2.45, 2.75) is 20.0 Å². The Hall–Kier alpha value is -2.91. The van der Waals surface area contributed by atoms with E-state index in [2.05, 4.69) is 15.3 Å². The molecule has 0 aliphatic rings. The van der Waals surface area contributed by atoms with Gasteiger partial charge in [-0.2, -0.15) is 17.7 Å². The Morgan fingerprint density at radius 2 is 1.91 bits per heavy atom. The third-order valence-corrected chi connectivity index (χ3v) is 3.29. The molecule has 0 spiro atoms. The van der Waals surface area contributed by atoms with Crippen LogP contribution in [0.3, 0.4) is 0 Å². The smallest absolute Gasteiger partial charge is 0.453 e. The van der Waals surface area contributed by atoms with Crippen molar-refractivity contribution in [3.8, 4) is 11.8 Å². The average Bonchev–Trinajstić information content (AvgIpc) is 2.90. The molecule has 3 aromatic rings. The Balaban J connectivity index is 2.18. The highest BCUT2D eigenvalue weighted by Crippen LogP contribution is 2.31. The summed E-state index contributed by atoms with van der Waals surface area (Å²) in [4.78, 5) is 0. The van der Waals surface area contributed by atoms with Crippen LogP contribution in [-0.4, -0.2) is 19.8 Å². The van der Waals surface area contributed by atoms with Gasteiger partial charge in [0.2, 0.25) is 5.88 Å². The van der Waals surface area contributed by atoms with Gasteiger partial charge in [-0.25, -0.2) is 0 Å². The highest BCUT2D eigenvalue weighted by atomic mass is 19.4. The topological polar surface area (TPSA) is 79.2 Å². The molecule has 7 nitrogen and oxygen atoms in total. The molecule has 0 aliphatic heterocycles. The maximum atomic E-state index is 12.9. The van der Waals surface area contributed by atoms with E-state index in [-0.39, 0.29) is 17.4 Å². The van der Waals surface area contributed by atoms with Gasteiger partial charge in [-0.05, 0) is 19.9 Å². The van der Waals surface area contributed by atoms with Crippen molar-refractivity contribution in [3.63, 3.8) is 0 Å². The molecule has 0 unspecified atom stereocenters. The number of hydrogen-bond donors (Lipinski definition) is 0. The van der Waals surface area contributed by atoms with Crippen molar-refractivity contribution in [2.75, 3.05) is 0 Å². The molecule has 0 bridgehead atoms. The summed E-state index contributed by atoms with van der Waals surface area (Å²) in [5.41, 5.74) is 0.860. The molecular weight excluding hydrogens is 315 g/mol. The van der Waals surface area contributed by atoms with Crippen LogP contribution in [0.2, 0.25) is 0 Å². The van der Waals surface area contributed by atoms with Gasteiger partial charge in [0.25, 0.3) is 5.82 Å². The molecule has 0 fully saturated rings. The molecule has 3 aromatic heterocycles. The molecule has 10 heteroatoms. The van der Waals surface area contributed by atoms with Crippen molar-refractivity contribution in [3.05, 3.63) is 46.6 Å². The summed E-state index contributed by atoms with van der Waals surface area (Å²) in [7, 11) is 0. The maximum absolute atomic E-state index is 12.9. The molecule has 3 heterocycles. The Morgan fingerprint density at radius 3 is 2.57 bits per heavy atom. The number of fused-ring (bicyclic) bond motifs is 1. The van der Waals surface area contributed by atoms with Crippen LogP contribution in [0.25, 0.3) is 5.65 Å². The molecule has 0 atom stereocenters. The third-order valence-electron chi connectivity index (χ3n) is 3.29. The first-order chi connectivity index (χ1) is 10.8. The lowest BCUT2D eigenvalue weighted by Gasteiger charge is -2.11. The molecule has 0 radical (unpaired) electrons. The minimum Gasteiger partial charge on any atom is -0.616 e. The van der Waals surface area contributed by atoms with Gasteiger partial charge >= 0.3 is 12.1 Å². The number of alkyl halides is 3. The van der Waals surface area contributed by atoms with Crippen LogP contribution in [0, 0.1) is 19.1 Å². The van der Waals surface area contributed by atoms with Gasteiger partial charge in [0, 0.05) is 17.2 Å². The largest absolute Gasteiger partial charge is 0.616 e. The van der Waals surface area contributed by atoms with Gasteiger partial charge in [-0.3, -0.25) is 0 Å². The summed E-state index contributed by atoms with van der Waals surface area (Å²) in [6.45, 7) is 3.18. The molecule has 0 aromatic carbocycles. The third kappa shape index (κ3) is 2.51. The molecule has 0 amide bonds. The lowest BCUT2D eigenvalue weighted by molar-refractivity contribution is -0.611. The summed E-state index contributed by atoms with van der Waals surface area (Å²) in [6, 6.07) is 4.44. The molecular formula is C13H10F3N5O2. The molecule has 0 N–H and O–H groups in total. The quantitative estimate of drug-likeness (QED) is 0.533. The lowest BCUT2D eigenvalue weighted by Crippen LogP contribution is -2.27. The van der Waals surface area contributed by atoms with E-state index < -0.39 is 12.0 Å². The van der Waals surface area contributed by atoms with Crippen LogP contribution in [0.5, 0.6) is 11.8 Å². The highest BCUT2D eigenvalue weighted by molar-refractivity contribution is 5.52. The van der Waals surface area contributed by atoms with Gasteiger partial charge in [0.1, 0.15) is 0 Å². The molecule has 23 heavy (non-hydrogen) atoms. The fourth-order valence-corrected chi connectivity index (χ4v) is 1.97. The summed E-state index contributed by atoms with van der Waals surface area (Å²) in [5.74, 6) is -1.50. The molecule has 0 saturated carbocycles. The SMILES string of the molecule is Cc1c(Oc2cccc[n+]2[O-])nn2c(C(F)(F)F)nnc2c1C. The summed E-state index contributed by atoms with van der Waals surface area (Å²) >= 11 is 0. The average molecular weight is 325 g/mol. The second-order valence-electron chi connectivity index (χ2n) is 4.78. The van der Waals surface area contributed by atoms with Crippen LogP contribution in [0.1, 0.15) is 17.0 Å². The van der Waals surface area contributed by atoms with Gasteiger partial charge < -0.3 is 9.94 Å². The standard InChI is InChI=1S/C13H10F3N5O2/c1-7-8(2)11(23-9-5-3-4-6-20(9)22)19-21-10(7)17-18-12(21)13(14,15)16/h3-6H,1-2H3. The first-order valence-electron chi connectivity index (χ1n) is 6.45. The Kier molecular flexibility index (Phi) is 3.31. The minimum absolute atomic E-state index is 0.0229. The number of aromatic nitrogens is 5. The number of aryl methyl sites for hydroxylation is 1. The molecule has 120 valence electrons. The predicted octanol–water partition coefficient (Wildman–Crippen LogP) is 2.19. The maximum Gasteiger partial charge on any atom is 0.453 e. The second kappa shape index (κ2) is 5.07. The van der Waals surface area contributed by atoms with Crippen LogP contribution in [0.4, 0.5) is 13.2 Å². The van der Waals surface area contributed by atoms with Crippen molar-refractivity contribution >= 4 is 5.65 Å². The van der Waals surface area contributed by atoms with E-state index in [1.54, 1.807) is 19.9 Å². The normalized spacial score (nSPS) is 11.9. The van der Waals surface area contributed by atoms with Crippen LogP contribution in [0.15, 0.2) is 24.4 Å². The van der Waals surface area contributed by atoms with Crippen LogP contribution >= 0.6 is 0 Å². The summed E-state index contributed by atoms with van der Waals surface area (Å²) < 4.78 is 45.2. The van der Waals surface area contributed by atoms with Gasteiger partial charge in [0.05, 0.1) is 6.07 Å². The Labute approximate surface area is 127 Å². The summed E-state index contributed by atoms with van der Waals surface area (Å²) in [5, 5.41) is 22.1. The zero-order chi connectivity index (χ0) is 16.8. The number of pyridine rings is 1. The fourth-order valence-electron chi connectivity index (χ4n) is 1.97. The van der Waals surface area contributed by atoms with E-state index in [1.165, 1.54) is 18.3 Å². The van der Waals surface area contributed by atoms with Crippen molar-refractivity contribution in [2.24, 2.45) is 0 Å². The zero-order valence-corrected chi connectivity index (χ0v) is 12.0. The number of ether oxygens (including phenoxy) is 1. The first kappa shape index (κ1) is 15.0. The Bertz CT molecular complexity index is 891. The van der Waals surface area contributed by atoms with Crippen molar-refractivity contribution in [1.29, 1.82) is 0 Å². The highest BCUT2D eigenvalue weighted by Gasteiger charge is 2.38. The molecule has 3 rings (SSSR count). The van der Waals surface area contributed by atoms with Gasteiger partial charge in [-0.1, -0.05) is 0 Å².